The van der Waals surface area contributed by atoms with Crippen molar-refractivity contribution in [1.29, 1.82) is 5.41 Å². The van der Waals surface area contributed by atoms with Gasteiger partial charge < -0.3 is 10.1 Å². The number of esters is 1. The highest BCUT2D eigenvalue weighted by Crippen LogP contribution is 2.06. The Labute approximate surface area is 114 Å². The van der Waals surface area contributed by atoms with E-state index in [0.717, 1.165) is 24.8 Å². The van der Waals surface area contributed by atoms with Crippen molar-refractivity contribution < 1.29 is 9.53 Å². The van der Waals surface area contributed by atoms with E-state index in [9.17, 15) is 4.79 Å². The van der Waals surface area contributed by atoms with Gasteiger partial charge in [0.25, 0.3) is 0 Å². The number of rotatable bonds is 7. The van der Waals surface area contributed by atoms with Gasteiger partial charge in [-0.3, -0.25) is 5.41 Å². The summed E-state index contributed by atoms with van der Waals surface area (Å²) < 4.78 is 4.92. The van der Waals surface area contributed by atoms with Gasteiger partial charge in [0.2, 0.25) is 0 Å². The molecule has 1 aromatic rings. The number of carbonyl (C=O) groups excluding carboxylic acids is 1. The molecule has 104 valence electrons. The second kappa shape index (κ2) is 8.29. The molecule has 0 atom stereocenters. The van der Waals surface area contributed by atoms with Crippen LogP contribution in [0.3, 0.4) is 0 Å². The Hall–Kier alpha value is -1.84. The monoisotopic (exact) mass is 262 g/mol. The van der Waals surface area contributed by atoms with Gasteiger partial charge in [-0.1, -0.05) is 25.5 Å². The maximum absolute atomic E-state index is 11.5. The highest BCUT2D eigenvalue weighted by molar-refractivity contribution is 5.89. The van der Waals surface area contributed by atoms with Crippen molar-refractivity contribution >= 4 is 11.8 Å². The summed E-state index contributed by atoms with van der Waals surface area (Å²) in [6.07, 6.45) is 2.92. The lowest BCUT2D eigenvalue weighted by atomic mass is 10.1. The molecule has 0 unspecified atom stereocenters. The molecule has 0 fully saturated rings. The van der Waals surface area contributed by atoms with E-state index in [0.29, 0.717) is 24.6 Å². The molecule has 0 aromatic heterocycles. The fraction of sp³-hybridized carbons (Fsp3) is 0.467. The number of unbranched alkanes of at least 4 members (excludes halogenated alkanes) is 1. The number of amidine groups is 1. The maximum Gasteiger partial charge on any atom is 0.338 e. The summed E-state index contributed by atoms with van der Waals surface area (Å²) in [7, 11) is 0. The third-order valence-electron chi connectivity index (χ3n) is 2.75. The van der Waals surface area contributed by atoms with Crippen LogP contribution in [0.4, 0.5) is 0 Å². The van der Waals surface area contributed by atoms with Gasteiger partial charge in [0.05, 0.1) is 18.0 Å². The van der Waals surface area contributed by atoms with Crippen LogP contribution in [0, 0.1) is 5.41 Å². The predicted molar refractivity (Wildman–Crippen MR) is 76.5 cm³/mol. The van der Waals surface area contributed by atoms with E-state index in [4.69, 9.17) is 10.1 Å². The van der Waals surface area contributed by atoms with E-state index >= 15 is 0 Å². The number of carbonyl (C=O) groups is 1. The summed E-state index contributed by atoms with van der Waals surface area (Å²) in [6.45, 7) is 4.90. The Balaban J connectivity index is 2.44. The Morgan fingerprint density at radius 3 is 2.53 bits per heavy atom. The first kappa shape index (κ1) is 15.2. The molecule has 0 saturated heterocycles. The van der Waals surface area contributed by atoms with Gasteiger partial charge in [0.1, 0.15) is 0 Å². The van der Waals surface area contributed by atoms with Gasteiger partial charge in [0, 0.05) is 13.0 Å². The summed E-state index contributed by atoms with van der Waals surface area (Å²) in [4.78, 5) is 11.5. The molecule has 0 radical (unpaired) electrons. The molecular weight excluding hydrogens is 240 g/mol. The SMILES string of the molecule is CCCCC(=N)NCc1ccc(C(=O)OCC)cc1. The fourth-order valence-corrected chi connectivity index (χ4v) is 1.62. The first-order chi connectivity index (χ1) is 9.17. The Morgan fingerprint density at radius 2 is 1.95 bits per heavy atom. The first-order valence-electron chi connectivity index (χ1n) is 6.74. The highest BCUT2D eigenvalue weighted by atomic mass is 16.5. The largest absolute Gasteiger partial charge is 0.462 e. The maximum atomic E-state index is 11.5. The molecule has 0 aliphatic heterocycles. The number of hydrogen-bond donors (Lipinski definition) is 2. The van der Waals surface area contributed by atoms with Crippen molar-refractivity contribution in [3.05, 3.63) is 35.4 Å². The molecule has 0 heterocycles. The zero-order chi connectivity index (χ0) is 14.1. The minimum absolute atomic E-state index is 0.294. The highest BCUT2D eigenvalue weighted by Gasteiger charge is 2.05. The normalized spacial score (nSPS) is 10.0. The number of nitrogens with one attached hydrogen (secondary N) is 2. The molecule has 4 nitrogen and oxygen atoms in total. The lowest BCUT2D eigenvalue weighted by molar-refractivity contribution is 0.0526. The van der Waals surface area contributed by atoms with Gasteiger partial charge in [-0.15, -0.1) is 0 Å². The van der Waals surface area contributed by atoms with Crippen LogP contribution >= 0.6 is 0 Å². The number of hydrogen-bond acceptors (Lipinski definition) is 3. The van der Waals surface area contributed by atoms with E-state index in [1.807, 2.05) is 12.1 Å². The molecular formula is C15H22N2O2. The summed E-state index contributed by atoms with van der Waals surface area (Å²) in [6, 6.07) is 7.27. The molecule has 0 aliphatic carbocycles. The summed E-state index contributed by atoms with van der Waals surface area (Å²) in [5.41, 5.74) is 1.61. The van der Waals surface area contributed by atoms with Crippen LogP contribution in [0.15, 0.2) is 24.3 Å². The van der Waals surface area contributed by atoms with Crippen LogP contribution in [0.25, 0.3) is 0 Å². The molecule has 0 bridgehead atoms. The summed E-state index contributed by atoms with van der Waals surface area (Å²) >= 11 is 0. The molecule has 0 spiro atoms. The first-order valence-corrected chi connectivity index (χ1v) is 6.74. The fourth-order valence-electron chi connectivity index (χ4n) is 1.62. The molecule has 2 N–H and O–H groups in total. The minimum atomic E-state index is -0.294. The van der Waals surface area contributed by atoms with E-state index in [2.05, 4.69) is 12.2 Å². The van der Waals surface area contributed by atoms with Crippen molar-refractivity contribution in [3.63, 3.8) is 0 Å². The molecule has 0 amide bonds. The Kier molecular flexibility index (Phi) is 6.64. The smallest absolute Gasteiger partial charge is 0.338 e. The Bertz CT molecular complexity index is 413. The van der Waals surface area contributed by atoms with Crippen LogP contribution in [0.5, 0.6) is 0 Å². The van der Waals surface area contributed by atoms with Gasteiger partial charge >= 0.3 is 5.97 Å². The lowest BCUT2D eigenvalue weighted by Gasteiger charge is -2.08. The third kappa shape index (κ3) is 5.55. The van der Waals surface area contributed by atoms with Crippen molar-refractivity contribution in [3.8, 4) is 0 Å². The standard InChI is InChI=1S/C15H22N2O2/c1-3-5-6-14(16)17-11-12-7-9-13(10-8-12)15(18)19-4-2/h7-10H,3-6,11H2,1-2H3,(H2,16,17). The van der Waals surface area contributed by atoms with Crippen molar-refractivity contribution in [1.82, 2.24) is 5.32 Å². The molecule has 4 heteroatoms. The van der Waals surface area contributed by atoms with Crippen LogP contribution in [0.2, 0.25) is 0 Å². The third-order valence-corrected chi connectivity index (χ3v) is 2.75. The summed E-state index contributed by atoms with van der Waals surface area (Å²) in [5, 5.41) is 10.8. The topological polar surface area (TPSA) is 62.2 Å². The molecule has 1 rings (SSSR count). The van der Waals surface area contributed by atoms with Gasteiger partial charge in [-0.05, 0) is 31.0 Å². The zero-order valence-electron chi connectivity index (χ0n) is 11.7. The average molecular weight is 262 g/mol. The molecule has 1 aromatic carbocycles. The van der Waals surface area contributed by atoms with Crippen LogP contribution in [-0.2, 0) is 11.3 Å². The lowest BCUT2D eigenvalue weighted by Crippen LogP contribution is -2.21. The van der Waals surface area contributed by atoms with Gasteiger partial charge in [-0.25, -0.2) is 4.79 Å². The van der Waals surface area contributed by atoms with Gasteiger partial charge in [0.15, 0.2) is 0 Å². The average Bonchev–Trinajstić information content (AvgIpc) is 2.43. The minimum Gasteiger partial charge on any atom is -0.462 e. The Morgan fingerprint density at radius 1 is 1.26 bits per heavy atom. The number of benzene rings is 1. The van der Waals surface area contributed by atoms with E-state index in [-0.39, 0.29) is 5.97 Å². The molecule has 0 saturated carbocycles. The summed E-state index contributed by atoms with van der Waals surface area (Å²) in [5.74, 6) is 0.272. The van der Waals surface area contributed by atoms with Gasteiger partial charge in [-0.2, -0.15) is 0 Å². The van der Waals surface area contributed by atoms with E-state index in [1.165, 1.54) is 0 Å². The van der Waals surface area contributed by atoms with Crippen molar-refractivity contribution in [2.45, 2.75) is 39.7 Å². The quantitative estimate of drug-likeness (QED) is 0.451. The molecule has 19 heavy (non-hydrogen) atoms. The van der Waals surface area contributed by atoms with Crippen LogP contribution < -0.4 is 5.32 Å². The second-order valence-electron chi connectivity index (χ2n) is 4.35. The van der Waals surface area contributed by atoms with Crippen LogP contribution in [-0.4, -0.2) is 18.4 Å². The number of ether oxygens (including phenoxy) is 1. The van der Waals surface area contributed by atoms with Crippen LogP contribution in [0.1, 0.15) is 49.0 Å². The van der Waals surface area contributed by atoms with E-state index < -0.39 is 0 Å². The zero-order valence-corrected chi connectivity index (χ0v) is 11.7. The second-order valence-corrected chi connectivity index (χ2v) is 4.35. The predicted octanol–water partition coefficient (Wildman–Crippen LogP) is 3.12. The molecule has 0 aliphatic rings. The van der Waals surface area contributed by atoms with Crippen molar-refractivity contribution in [2.75, 3.05) is 6.61 Å². The van der Waals surface area contributed by atoms with E-state index in [1.54, 1.807) is 19.1 Å². The van der Waals surface area contributed by atoms with Crippen molar-refractivity contribution in [2.24, 2.45) is 0 Å².